The molecule has 0 atom stereocenters. The van der Waals surface area contributed by atoms with Crippen LogP contribution in [0.15, 0.2) is 36.5 Å². The van der Waals surface area contributed by atoms with Crippen molar-refractivity contribution in [3.8, 4) is 0 Å². The number of fused-ring (bicyclic) bond motifs is 2. The molecule has 30 heavy (non-hydrogen) atoms. The topological polar surface area (TPSA) is 71.5 Å². The summed E-state index contributed by atoms with van der Waals surface area (Å²) in [5.74, 6) is 0.803. The SMILES string of the molecule is CC(=O)c1ccc2c(c1)N(C(=O)C1CCC(OC(C)C)CC1)Cc1cccnc1N2. The lowest BCUT2D eigenvalue weighted by Crippen LogP contribution is -2.38. The number of ketones is 1. The first kappa shape index (κ1) is 20.5. The van der Waals surface area contributed by atoms with Gasteiger partial charge >= 0.3 is 0 Å². The fourth-order valence-electron chi connectivity index (χ4n) is 4.39. The number of rotatable bonds is 4. The fourth-order valence-corrected chi connectivity index (χ4v) is 4.39. The number of nitrogens with zero attached hydrogens (tertiary/aromatic N) is 2. The summed E-state index contributed by atoms with van der Waals surface area (Å²) >= 11 is 0. The highest BCUT2D eigenvalue weighted by Gasteiger charge is 2.33. The molecule has 1 aliphatic heterocycles. The van der Waals surface area contributed by atoms with Gasteiger partial charge in [-0.25, -0.2) is 4.98 Å². The summed E-state index contributed by atoms with van der Waals surface area (Å²) in [5, 5.41) is 3.35. The summed E-state index contributed by atoms with van der Waals surface area (Å²) in [6.07, 6.45) is 5.63. The molecule has 158 valence electrons. The van der Waals surface area contributed by atoms with E-state index in [0.29, 0.717) is 12.1 Å². The summed E-state index contributed by atoms with van der Waals surface area (Å²) in [5.41, 5.74) is 3.10. The van der Waals surface area contributed by atoms with E-state index in [2.05, 4.69) is 24.1 Å². The highest BCUT2D eigenvalue weighted by atomic mass is 16.5. The normalized spacial score (nSPS) is 20.7. The average molecular weight is 408 g/mol. The van der Waals surface area contributed by atoms with Crippen LogP contribution in [0.4, 0.5) is 17.2 Å². The highest BCUT2D eigenvalue weighted by Crippen LogP contribution is 2.38. The van der Waals surface area contributed by atoms with Crippen LogP contribution in [-0.2, 0) is 16.1 Å². The Balaban J connectivity index is 1.63. The van der Waals surface area contributed by atoms with Gasteiger partial charge in [-0.15, -0.1) is 0 Å². The molecule has 2 aromatic rings. The minimum atomic E-state index is -0.0379. The smallest absolute Gasteiger partial charge is 0.230 e. The molecule has 0 spiro atoms. The van der Waals surface area contributed by atoms with Crippen molar-refractivity contribution in [2.45, 2.75) is 65.2 Å². The summed E-state index contributed by atoms with van der Waals surface area (Å²) in [6, 6.07) is 9.35. The van der Waals surface area contributed by atoms with Gasteiger partial charge in [0, 0.05) is 23.2 Å². The first-order valence-corrected chi connectivity index (χ1v) is 10.7. The molecule has 1 saturated carbocycles. The number of nitrogens with one attached hydrogen (secondary N) is 1. The Bertz CT molecular complexity index is 948. The van der Waals surface area contributed by atoms with Crippen molar-refractivity contribution in [3.05, 3.63) is 47.7 Å². The minimum Gasteiger partial charge on any atom is -0.376 e. The number of amides is 1. The number of benzene rings is 1. The second kappa shape index (κ2) is 8.56. The van der Waals surface area contributed by atoms with E-state index in [-0.39, 0.29) is 29.8 Å². The molecular weight excluding hydrogens is 378 g/mol. The lowest BCUT2D eigenvalue weighted by molar-refractivity contribution is -0.124. The first-order chi connectivity index (χ1) is 14.4. The van der Waals surface area contributed by atoms with Crippen molar-refractivity contribution in [2.75, 3.05) is 10.2 Å². The maximum Gasteiger partial charge on any atom is 0.230 e. The molecule has 6 heteroatoms. The number of Topliss-reactive ketones (excluding diaryl/α,β-unsaturated/α-hetero) is 1. The predicted octanol–water partition coefficient (Wildman–Crippen LogP) is 4.86. The average Bonchev–Trinajstić information content (AvgIpc) is 2.89. The quantitative estimate of drug-likeness (QED) is 0.733. The number of hydrogen-bond acceptors (Lipinski definition) is 5. The second-order valence-corrected chi connectivity index (χ2v) is 8.51. The molecule has 0 unspecified atom stereocenters. The van der Waals surface area contributed by atoms with E-state index in [1.165, 1.54) is 0 Å². The third-order valence-electron chi connectivity index (χ3n) is 5.92. The molecule has 1 aromatic carbocycles. The molecule has 1 aliphatic carbocycles. The Morgan fingerprint density at radius 1 is 1.17 bits per heavy atom. The molecule has 6 nitrogen and oxygen atoms in total. The molecular formula is C24H29N3O3. The van der Waals surface area contributed by atoms with Crippen LogP contribution in [0.1, 0.15) is 62.4 Å². The van der Waals surface area contributed by atoms with Gasteiger partial charge < -0.3 is 15.0 Å². The standard InChI is InChI=1S/C24H29N3O3/c1-15(2)30-20-9-6-17(7-10-20)24(29)27-14-19-5-4-12-25-23(19)26-21-11-8-18(16(3)28)13-22(21)27/h4-5,8,11-13,15,17,20H,6-7,9-10,14H2,1-3H3,(H,25,26). The van der Waals surface area contributed by atoms with Crippen LogP contribution >= 0.6 is 0 Å². The van der Waals surface area contributed by atoms with Gasteiger partial charge in [-0.2, -0.15) is 0 Å². The molecule has 0 radical (unpaired) electrons. The van der Waals surface area contributed by atoms with Gasteiger partial charge in [0.25, 0.3) is 0 Å². The van der Waals surface area contributed by atoms with Gasteiger partial charge in [0.2, 0.25) is 5.91 Å². The van der Waals surface area contributed by atoms with Crippen LogP contribution in [0.3, 0.4) is 0 Å². The molecule has 4 rings (SSSR count). The lowest BCUT2D eigenvalue weighted by Gasteiger charge is -2.33. The van der Waals surface area contributed by atoms with E-state index in [9.17, 15) is 9.59 Å². The first-order valence-electron chi connectivity index (χ1n) is 10.7. The second-order valence-electron chi connectivity index (χ2n) is 8.51. The van der Waals surface area contributed by atoms with Gasteiger partial charge in [0.1, 0.15) is 5.82 Å². The summed E-state index contributed by atoms with van der Waals surface area (Å²) in [4.78, 5) is 31.9. The largest absolute Gasteiger partial charge is 0.376 e. The summed E-state index contributed by atoms with van der Waals surface area (Å²) < 4.78 is 5.95. The third kappa shape index (κ3) is 4.24. The molecule has 2 aliphatic rings. The Morgan fingerprint density at radius 3 is 2.63 bits per heavy atom. The van der Waals surface area contributed by atoms with Crippen LogP contribution in [0, 0.1) is 5.92 Å². The zero-order valence-electron chi connectivity index (χ0n) is 17.9. The molecule has 1 amide bonds. The van der Waals surface area contributed by atoms with Crippen molar-refractivity contribution < 1.29 is 14.3 Å². The van der Waals surface area contributed by atoms with Crippen molar-refractivity contribution in [1.29, 1.82) is 0 Å². The zero-order valence-corrected chi connectivity index (χ0v) is 17.9. The minimum absolute atomic E-state index is 0.0172. The van der Waals surface area contributed by atoms with Crippen LogP contribution in [-0.4, -0.2) is 28.9 Å². The molecule has 1 fully saturated rings. The van der Waals surface area contributed by atoms with E-state index in [4.69, 9.17) is 4.74 Å². The molecule has 2 heterocycles. The number of anilines is 3. The van der Waals surface area contributed by atoms with Gasteiger partial charge in [-0.05, 0) is 70.7 Å². The van der Waals surface area contributed by atoms with E-state index in [0.717, 1.165) is 48.4 Å². The number of carbonyl (C=O) groups is 2. The lowest BCUT2D eigenvalue weighted by atomic mass is 9.86. The van der Waals surface area contributed by atoms with E-state index >= 15 is 0 Å². The molecule has 1 aromatic heterocycles. The summed E-state index contributed by atoms with van der Waals surface area (Å²) in [6.45, 7) is 6.09. The van der Waals surface area contributed by atoms with Crippen molar-refractivity contribution >= 4 is 28.9 Å². The molecule has 0 bridgehead atoms. The zero-order chi connectivity index (χ0) is 21.3. The van der Waals surface area contributed by atoms with E-state index in [1.807, 2.05) is 29.2 Å². The number of pyridine rings is 1. The van der Waals surface area contributed by atoms with Crippen LogP contribution in [0.2, 0.25) is 0 Å². The van der Waals surface area contributed by atoms with Crippen molar-refractivity contribution in [1.82, 2.24) is 4.98 Å². The number of ether oxygens (including phenoxy) is 1. The highest BCUT2D eigenvalue weighted by molar-refractivity contribution is 6.02. The molecule has 1 N–H and O–H groups in total. The van der Waals surface area contributed by atoms with Gasteiger partial charge in [0.05, 0.1) is 30.1 Å². The van der Waals surface area contributed by atoms with Crippen LogP contribution < -0.4 is 10.2 Å². The van der Waals surface area contributed by atoms with Crippen molar-refractivity contribution in [2.24, 2.45) is 5.92 Å². The maximum absolute atomic E-state index is 13.6. The number of carbonyl (C=O) groups excluding carboxylic acids is 2. The predicted molar refractivity (Wildman–Crippen MR) is 117 cm³/mol. The summed E-state index contributed by atoms with van der Waals surface area (Å²) in [7, 11) is 0. The van der Waals surface area contributed by atoms with E-state index < -0.39 is 0 Å². The Morgan fingerprint density at radius 2 is 1.93 bits per heavy atom. The number of hydrogen-bond donors (Lipinski definition) is 1. The maximum atomic E-state index is 13.6. The van der Waals surface area contributed by atoms with E-state index in [1.54, 1.807) is 19.2 Å². The Labute approximate surface area is 177 Å². The van der Waals surface area contributed by atoms with Crippen molar-refractivity contribution in [3.63, 3.8) is 0 Å². The monoisotopic (exact) mass is 407 g/mol. The Hall–Kier alpha value is -2.73. The fraction of sp³-hybridized carbons (Fsp3) is 0.458. The van der Waals surface area contributed by atoms with Crippen LogP contribution in [0.5, 0.6) is 0 Å². The van der Waals surface area contributed by atoms with Gasteiger partial charge in [0.15, 0.2) is 5.78 Å². The van der Waals surface area contributed by atoms with Crippen LogP contribution in [0.25, 0.3) is 0 Å². The van der Waals surface area contributed by atoms with Gasteiger partial charge in [-0.3, -0.25) is 9.59 Å². The number of aromatic nitrogens is 1. The third-order valence-corrected chi connectivity index (χ3v) is 5.92. The Kier molecular flexibility index (Phi) is 5.86. The van der Waals surface area contributed by atoms with Gasteiger partial charge in [-0.1, -0.05) is 6.07 Å². The molecule has 0 saturated heterocycles.